The average molecular weight is 350 g/mol. The predicted molar refractivity (Wildman–Crippen MR) is 73.7 cm³/mol. The van der Waals surface area contributed by atoms with Crippen molar-refractivity contribution in [2.45, 2.75) is 13.0 Å². The molecule has 0 spiro atoms. The fourth-order valence-corrected chi connectivity index (χ4v) is 3.10. The summed E-state index contributed by atoms with van der Waals surface area (Å²) < 4.78 is 40.1. The van der Waals surface area contributed by atoms with Gasteiger partial charge in [0.1, 0.15) is 5.82 Å². The maximum Gasteiger partial charge on any atom is 0.161 e. The Morgan fingerprint density at radius 2 is 1.79 bits per heavy atom. The number of hydrogen-bond acceptors (Lipinski definition) is 2. The number of rotatable bonds is 5. The van der Waals surface area contributed by atoms with Crippen LogP contribution in [0.25, 0.3) is 0 Å². The van der Waals surface area contributed by atoms with E-state index < -0.39 is 17.5 Å². The van der Waals surface area contributed by atoms with Crippen LogP contribution in [0.1, 0.15) is 10.4 Å². The van der Waals surface area contributed by atoms with Crippen LogP contribution < -0.4 is 5.32 Å². The number of hydrogen-bond donors (Lipinski definition) is 1. The lowest BCUT2D eigenvalue weighted by Crippen LogP contribution is -2.17. The standard InChI is InChI=1S/C13H11BrF3NS/c14-13-2-1-9(19-13)3-4-18-7-8-5-11(16)12(17)6-10(8)15/h1-2,5-6,18H,3-4,7H2. The molecule has 6 heteroatoms. The maximum absolute atomic E-state index is 13.3. The lowest BCUT2D eigenvalue weighted by Gasteiger charge is -2.06. The third kappa shape index (κ3) is 4.06. The Hall–Kier alpha value is -0.850. The van der Waals surface area contributed by atoms with Gasteiger partial charge in [0.05, 0.1) is 3.79 Å². The van der Waals surface area contributed by atoms with E-state index in [1.165, 1.54) is 4.88 Å². The predicted octanol–water partition coefficient (Wildman–Crippen LogP) is 4.26. The highest BCUT2D eigenvalue weighted by Gasteiger charge is 2.09. The van der Waals surface area contributed by atoms with E-state index >= 15 is 0 Å². The molecule has 2 aromatic rings. The Morgan fingerprint density at radius 3 is 2.47 bits per heavy atom. The van der Waals surface area contributed by atoms with Crippen molar-refractivity contribution in [3.63, 3.8) is 0 Å². The molecule has 0 unspecified atom stereocenters. The van der Waals surface area contributed by atoms with Crippen molar-refractivity contribution < 1.29 is 13.2 Å². The second kappa shape index (κ2) is 6.54. The van der Waals surface area contributed by atoms with E-state index in [-0.39, 0.29) is 12.1 Å². The van der Waals surface area contributed by atoms with Crippen LogP contribution >= 0.6 is 27.3 Å². The number of nitrogens with one attached hydrogen (secondary N) is 1. The lowest BCUT2D eigenvalue weighted by atomic mass is 10.2. The van der Waals surface area contributed by atoms with Gasteiger partial charge in [-0.1, -0.05) is 0 Å². The first-order valence-corrected chi connectivity index (χ1v) is 7.25. The van der Waals surface area contributed by atoms with Gasteiger partial charge in [-0.2, -0.15) is 0 Å². The van der Waals surface area contributed by atoms with Crippen molar-refractivity contribution in [2.24, 2.45) is 0 Å². The normalized spacial score (nSPS) is 10.9. The molecule has 0 bridgehead atoms. The van der Waals surface area contributed by atoms with Crippen molar-refractivity contribution in [2.75, 3.05) is 6.54 Å². The highest BCUT2D eigenvalue weighted by Crippen LogP contribution is 2.22. The molecule has 0 saturated carbocycles. The minimum absolute atomic E-state index is 0.131. The first-order chi connectivity index (χ1) is 9.06. The summed E-state index contributed by atoms with van der Waals surface area (Å²) in [6, 6.07) is 5.44. The fraction of sp³-hybridized carbons (Fsp3) is 0.231. The number of benzene rings is 1. The van der Waals surface area contributed by atoms with Crippen LogP contribution in [0.4, 0.5) is 13.2 Å². The van der Waals surface area contributed by atoms with Crippen molar-refractivity contribution in [3.05, 3.63) is 55.9 Å². The van der Waals surface area contributed by atoms with Crippen molar-refractivity contribution >= 4 is 27.3 Å². The summed E-state index contributed by atoms with van der Waals surface area (Å²) >= 11 is 5.01. The summed E-state index contributed by atoms with van der Waals surface area (Å²) in [6.07, 6.45) is 0.807. The topological polar surface area (TPSA) is 12.0 Å². The van der Waals surface area contributed by atoms with E-state index in [2.05, 4.69) is 21.2 Å². The van der Waals surface area contributed by atoms with Crippen LogP contribution in [0.5, 0.6) is 0 Å². The van der Waals surface area contributed by atoms with Crippen LogP contribution in [-0.2, 0) is 13.0 Å². The zero-order valence-electron chi connectivity index (χ0n) is 9.85. The van der Waals surface area contributed by atoms with Crippen LogP contribution in [0, 0.1) is 17.5 Å². The average Bonchev–Trinajstić information content (AvgIpc) is 2.77. The van der Waals surface area contributed by atoms with Gasteiger partial charge in [0, 0.05) is 29.6 Å². The highest BCUT2D eigenvalue weighted by atomic mass is 79.9. The molecule has 1 nitrogen and oxygen atoms in total. The first kappa shape index (κ1) is 14.6. The largest absolute Gasteiger partial charge is 0.312 e. The van der Waals surface area contributed by atoms with Gasteiger partial charge in [0.2, 0.25) is 0 Å². The van der Waals surface area contributed by atoms with E-state index in [0.717, 1.165) is 16.3 Å². The van der Waals surface area contributed by atoms with Gasteiger partial charge in [-0.15, -0.1) is 11.3 Å². The second-order valence-corrected chi connectivity index (χ2v) is 6.54. The van der Waals surface area contributed by atoms with Crippen molar-refractivity contribution in [1.29, 1.82) is 0 Å². The zero-order chi connectivity index (χ0) is 13.8. The Balaban J connectivity index is 1.84. The Morgan fingerprint density at radius 1 is 1.05 bits per heavy atom. The van der Waals surface area contributed by atoms with Gasteiger partial charge in [-0.25, -0.2) is 13.2 Å². The van der Waals surface area contributed by atoms with E-state index in [0.29, 0.717) is 12.6 Å². The van der Waals surface area contributed by atoms with Gasteiger partial charge < -0.3 is 5.32 Å². The van der Waals surface area contributed by atoms with Gasteiger partial charge in [-0.05, 0) is 40.5 Å². The third-order valence-corrected chi connectivity index (χ3v) is 4.27. The molecule has 0 amide bonds. The van der Waals surface area contributed by atoms with Crippen LogP contribution in [0.3, 0.4) is 0 Å². The maximum atomic E-state index is 13.3. The molecule has 0 fully saturated rings. The van der Waals surface area contributed by atoms with E-state index in [1.54, 1.807) is 11.3 Å². The minimum Gasteiger partial charge on any atom is -0.312 e. The molecule has 2 rings (SSSR count). The third-order valence-electron chi connectivity index (χ3n) is 2.58. The van der Waals surface area contributed by atoms with Crippen molar-refractivity contribution in [3.8, 4) is 0 Å². The molecule has 0 aliphatic carbocycles. The van der Waals surface area contributed by atoms with Gasteiger partial charge in [-0.3, -0.25) is 0 Å². The molecular weight excluding hydrogens is 339 g/mol. The summed E-state index contributed by atoms with van der Waals surface area (Å²) in [5.41, 5.74) is 0.131. The van der Waals surface area contributed by atoms with E-state index in [4.69, 9.17) is 0 Å². The molecule has 19 heavy (non-hydrogen) atoms. The summed E-state index contributed by atoms with van der Waals surface area (Å²) in [7, 11) is 0. The summed E-state index contributed by atoms with van der Waals surface area (Å²) in [5.74, 6) is -2.92. The summed E-state index contributed by atoms with van der Waals surface area (Å²) in [4.78, 5) is 1.20. The number of thiophene rings is 1. The van der Waals surface area contributed by atoms with Crippen molar-refractivity contribution in [1.82, 2.24) is 5.32 Å². The SMILES string of the molecule is Fc1cc(F)c(CNCCc2ccc(Br)s2)cc1F. The second-order valence-electron chi connectivity index (χ2n) is 3.99. The Bertz CT molecular complexity index is 571. The fourth-order valence-electron chi connectivity index (χ4n) is 1.62. The minimum atomic E-state index is -1.16. The van der Waals surface area contributed by atoms with Crippen LogP contribution in [-0.4, -0.2) is 6.54 Å². The summed E-state index contributed by atoms with van der Waals surface area (Å²) in [5, 5.41) is 3.01. The molecule has 1 N–H and O–H groups in total. The van der Waals surface area contributed by atoms with Crippen LogP contribution in [0.2, 0.25) is 0 Å². The highest BCUT2D eigenvalue weighted by molar-refractivity contribution is 9.11. The molecule has 102 valence electrons. The van der Waals surface area contributed by atoms with E-state index in [9.17, 15) is 13.2 Å². The molecule has 0 aliphatic heterocycles. The number of halogens is 4. The van der Waals surface area contributed by atoms with E-state index in [1.807, 2.05) is 12.1 Å². The molecule has 0 radical (unpaired) electrons. The van der Waals surface area contributed by atoms with Crippen LogP contribution in [0.15, 0.2) is 28.1 Å². The molecule has 1 heterocycles. The molecular formula is C13H11BrF3NS. The smallest absolute Gasteiger partial charge is 0.161 e. The van der Waals surface area contributed by atoms with Gasteiger partial charge in [0.25, 0.3) is 0 Å². The molecule has 0 saturated heterocycles. The first-order valence-electron chi connectivity index (χ1n) is 5.64. The molecule has 1 aromatic heterocycles. The Labute approximate surface area is 121 Å². The van der Waals surface area contributed by atoms with Gasteiger partial charge in [0.15, 0.2) is 11.6 Å². The lowest BCUT2D eigenvalue weighted by molar-refractivity contribution is 0.487. The Kier molecular flexibility index (Phi) is 5.01. The zero-order valence-corrected chi connectivity index (χ0v) is 12.3. The molecule has 0 atom stereocenters. The van der Waals surface area contributed by atoms with Gasteiger partial charge >= 0.3 is 0 Å². The monoisotopic (exact) mass is 349 g/mol. The molecule has 0 aliphatic rings. The summed E-state index contributed by atoms with van der Waals surface area (Å²) in [6.45, 7) is 0.820. The quantitative estimate of drug-likeness (QED) is 0.628. The molecule has 1 aromatic carbocycles.